The van der Waals surface area contributed by atoms with Crippen molar-refractivity contribution in [3.63, 3.8) is 0 Å². The Labute approximate surface area is 116 Å². The van der Waals surface area contributed by atoms with E-state index in [0.29, 0.717) is 30.9 Å². The van der Waals surface area contributed by atoms with Gasteiger partial charge in [-0.15, -0.1) is 11.3 Å². The molecule has 0 bridgehead atoms. The van der Waals surface area contributed by atoms with Gasteiger partial charge in [-0.2, -0.15) is 0 Å². The summed E-state index contributed by atoms with van der Waals surface area (Å²) in [5, 5.41) is 11.9. The SMILES string of the molecule is O=C(NC1(C(=O)O)CCOCC1)c1ccc(Br)s1. The predicted octanol–water partition coefficient (Wildman–Crippen LogP) is 1.87. The zero-order chi connectivity index (χ0) is 13.2. The molecule has 18 heavy (non-hydrogen) atoms. The second-order valence-corrected chi connectivity index (χ2v) is 6.52. The van der Waals surface area contributed by atoms with E-state index in [2.05, 4.69) is 21.2 Å². The molecule has 2 rings (SSSR count). The van der Waals surface area contributed by atoms with Crippen molar-refractivity contribution in [3.05, 3.63) is 20.8 Å². The number of carboxylic acids is 1. The summed E-state index contributed by atoms with van der Waals surface area (Å²) in [4.78, 5) is 23.9. The molecule has 98 valence electrons. The smallest absolute Gasteiger partial charge is 0.329 e. The first-order chi connectivity index (χ1) is 8.53. The standard InChI is InChI=1S/C11H12BrNO4S/c12-8-2-1-7(18-8)9(14)13-11(10(15)16)3-5-17-6-4-11/h1-2H,3-6H2,(H,13,14)(H,15,16). The number of nitrogens with one attached hydrogen (secondary N) is 1. The Morgan fingerprint density at radius 2 is 2.06 bits per heavy atom. The largest absolute Gasteiger partial charge is 0.480 e. The van der Waals surface area contributed by atoms with Gasteiger partial charge in [0.25, 0.3) is 5.91 Å². The van der Waals surface area contributed by atoms with Crippen LogP contribution in [0.2, 0.25) is 0 Å². The van der Waals surface area contributed by atoms with E-state index in [0.717, 1.165) is 3.79 Å². The third kappa shape index (κ3) is 2.73. The molecule has 1 aromatic heterocycles. The van der Waals surface area contributed by atoms with Gasteiger partial charge in [-0.3, -0.25) is 4.79 Å². The van der Waals surface area contributed by atoms with Crippen molar-refractivity contribution in [2.75, 3.05) is 13.2 Å². The third-order valence-corrected chi connectivity index (χ3v) is 4.53. The van der Waals surface area contributed by atoms with Crippen LogP contribution in [0.25, 0.3) is 0 Å². The van der Waals surface area contributed by atoms with E-state index in [-0.39, 0.29) is 5.91 Å². The second-order valence-electron chi connectivity index (χ2n) is 4.06. The van der Waals surface area contributed by atoms with Crippen LogP contribution in [0.3, 0.4) is 0 Å². The number of aliphatic carboxylic acids is 1. The van der Waals surface area contributed by atoms with E-state index in [1.54, 1.807) is 12.1 Å². The van der Waals surface area contributed by atoms with Gasteiger partial charge in [0.15, 0.2) is 0 Å². The predicted molar refractivity (Wildman–Crippen MR) is 69.9 cm³/mol. The van der Waals surface area contributed by atoms with E-state index in [1.807, 2.05) is 0 Å². The van der Waals surface area contributed by atoms with E-state index < -0.39 is 11.5 Å². The summed E-state index contributed by atoms with van der Waals surface area (Å²) in [6.07, 6.45) is 0.585. The molecule has 1 saturated heterocycles. The van der Waals surface area contributed by atoms with E-state index in [4.69, 9.17) is 4.74 Å². The molecule has 1 aliphatic heterocycles. The first-order valence-electron chi connectivity index (χ1n) is 5.42. The van der Waals surface area contributed by atoms with E-state index >= 15 is 0 Å². The van der Waals surface area contributed by atoms with Crippen LogP contribution in [0.15, 0.2) is 15.9 Å². The maximum absolute atomic E-state index is 12.0. The molecule has 2 heterocycles. The quantitative estimate of drug-likeness (QED) is 0.885. The van der Waals surface area contributed by atoms with Crippen LogP contribution in [-0.2, 0) is 9.53 Å². The van der Waals surface area contributed by atoms with E-state index in [1.165, 1.54) is 11.3 Å². The first kappa shape index (κ1) is 13.5. The van der Waals surface area contributed by atoms with Crippen LogP contribution in [0.5, 0.6) is 0 Å². The summed E-state index contributed by atoms with van der Waals surface area (Å²) in [6.45, 7) is 0.696. The van der Waals surface area contributed by atoms with Crippen molar-refractivity contribution in [2.45, 2.75) is 18.4 Å². The van der Waals surface area contributed by atoms with Crippen LogP contribution in [0, 0.1) is 0 Å². The van der Waals surface area contributed by atoms with Gasteiger partial charge in [0.05, 0.1) is 8.66 Å². The van der Waals surface area contributed by atoms with Gasteiger partial charge < -0.3 is 15.2 Å². The number of thiophene rings is 1. The zero-order valence-electron chi connectivity index (χ0n) is 9.44. The van der Waals surface area contributed by atoms with Crippen LogP contribution in [-0.4, -0.2) is 35.7 Å². The van der Waals surface area contributed by atoms with Crippen LogP contribution >= 0.6 is 27.3 Å². The molecule has 0 unspecified atom stereocenters. The Hall–Kier alpha value is -0.920. The van der Waals surface area contributed by atoms with Crippen molar-refractivity contribution < 1.29 is 19.4 Å². The fraction of sp³-hybridized carbons (Fsp3) is 0.455. The Bertz CT molecular complexity index is 467. The summed E-state index contributed by atoms with van der Waals surface area (Å²) in [5.41, 5.74) is -1.20. The number of rotatable bonds is 3. The van der Waals surface area contributed by atoms with Gasteiger partial charge in [0, 0.05) is 26.1 Å². The number of amides is 1. The summed E-state index contributed by atoms with van der Waals surface area (Å²) in [6, 6.07) is 3.43. The fourth-order valence-electron chi connectivity index (χ4n) is 1.83. The number of carboxylic acid groups (broad SMARTS) is 1. The van der Waals surface area contributed by atoms with Crippen molar-refractivity contribution >= 4 is 39.1 Å². The minimum absolute atomic E-state index is 0.292. The van der Waals surface area contributed by atoms with Gasteiger partial charge in [0.2, 0.25) is 0 Å². The molecule has 1 aliphatic rings. The van der Waals surface area contributed by atoms with Gasteiger partial charge in [0.1, 0.15) is 5.54 Å². The Kier molecular flexibility index (Phi) is 4.04. The van der Waals surface area contributed by atoms with Crippen LogP contribution in [0.4, 0.5) is 0 Å². The maximum Gasteiger partial charge on any atom is 0.329 e. The minimum Gasteiger partial charge on any atom is -0.480 e. The summed E-state index contributed by atoms with van der Waals surface area (Å²) >= 11 is 4.55. The molecule has 1 amide bonds. The lowest BCUT2D eigenvalue weighted by molar-refractivity contribution is -0.148. The minimum atomic E-state index is -1.20. The Morgan fingerprint density at radius 1 is 1.39 bits per heavy atom. The van der Waals surface area contributed by atoms with Gasteiger partial charge in [-0.1, -0.05) is 0 Å². The van der Waals surface area contributed by atoms with Crippen molar-refractivity contribution in [2.24, 2.45) is 0 Å². The van der Waals surface area contributed by atoms with Crippen LogP contribution in [0.1, 0.15) is 22.5 Å². The molecule has 0 saturated carbocycles. The number of ether oxygens (including phenoxy) is 1. The maximum atomic E-state index is 12.0. The molecule has 0 spiro atoms. The fourth-order valence-corrected chi connectivity index (χ4v) is 3.11. The molecule has 2 N–H and O–H groups in total. The number of halogens is 1. The van der Waals surface area contributed by atoms with Crippen molar-refractivity contribution in [3.8, 4) is 0 Å². The second kappa shape index (κ2) is 5.38. The zero-order valence-corrected chi connectivity index (χ0v) is 11.8. The average Bonchev–Trinajstić information content (AvgIpc) is 2.77. The highest BCUT2D eigenvalue weighted by Gasteiger charge is 2.41. The molecule has 0 aromatic carbocycles. The van der Waals surface area contributed by atoms with Crippen molar-refractivity contribution in [1.29, 1.82) is 0 Å². The molecule has 0 aliphatic carbocycles. The van der Waals surface area contributed by atoms with Gasteiger partial charge >= 0.3 is 5.97 Å². The average molecular weight is 334 g/mol. The number of carbonyl (C=O) groups excluding carboxylic acids is 1. The normalized spacial score (nSPS) is 18.3. The van der Waals surface area contributed by atoms with E-state index in [9.17, 15) is 14.7 Å². The highest BCUT2D eigenvalue weighted by Crippen LogP contribution is 2.25. The third-order valence-electron chi connectivity index (χ3n) is 2.91. The molecular weight excluding hydrogens is 322 g/mol. The lowest BCUT2D eigenvalue weighted by Gasteiger charge is -2.33. The highest BCUT2D eigenvalue weighted by atomic mass is 79.9. The van der Waals surface area contributed by atoms with Crippen LogP contribution < -0.4 is 5.32 Å². The Morgan fingerprint density at radius 3 is 2.56 bits per heavy atom. The Balaban J connectivity index is 2.14. The summed E-state index contributed by atoms with van der Waals surface area (Å²) in [5.74, 6) is -1.36. The molecular formula is C11H12BrNO4S. The molecule has 1 fully saturated rings. The summed E-state index contributed by atoms with van der Waals surface area (Å²) < 4.78 is 5.98. The molecule has 5 nitrogen and oxygen atoms in total. The monoisotopic (exact) mass is 333 g/mol. The van der Waals surface area contributed by atoms with Crippen molar-refractivity contribution in [1.82, 2.24) is 5.32 Å². The number of hydrogen-bond acceptors (Lipinski definition) is 4. The number of hydrogen-bond donors (Lipinski definition) is 2. The lowest BCUT2D eigenvalue weighted by Crippen LogP contribution is -2.57. The topological polar surface area (TPSA) is 75.6 Å². The molecule has 0 atom stereocenters. The van der Waals surface area contributed by atoms with Gasteiger partial charge in [-0.25, -0.2) is 4.79 Å². The lowest BCUT2D eigenvalue weighted by atomic mass is 9.90. The number of carbonyl (C=O) groups is 2. The summed E-state index contributed by atoms with van der Waals surface area (Å²) in [7, 11) is 0. The van der Waals surface area contributed by atoms with Gasteiger partial charge in [-0.05, 0) is 28.1 Å². The molecule has 7 heteroatoms. The molecule has 1 aromatic rings. The molecule has 0 radical (unpaired) electrons. The first-order valence-corrected chi connectivity index (χ1v) is 7.03. The highest BCUT2D eigenvalue weighted by molar-refractivity contribution is 9.11.